The number of carbonyl (C=O) groups excluding carboxylic acids is 1. The highest BCUT2D eigenvalue weighted by molar-refractivity contribution is 7.92. The third kappa shape index (κ3) is 3.39. The number of carbonyl (C=O) groups is 1. The van der Waals surface area contributed by atoms with Crippen LogP contribution in [-0.2, 0) is 14.8 Å². The number of rotatable bonds is 5. The van der Waals surface area contributed by atoms with Crippen molar-refractivity contribution in [1.82, 2.24) is 0 Å². The van der Waals surface area contributed by atoms with Gasteiger partial charge in [0.1, 0.15) is 4.88 Å². The van der Waals surface area contributed by atoms with E-state index >= 15 is 0 Å². The minimum atomic E-state index is -4.11. The summed E-state index contributed by atoms with van der Waals surface area (Å²) in [4.78, 5) is 21.8. The van der Waals surface area contributed by atoms with Crippen LogP contribution in [0.2, 0.25) is 0 Å². The number of thiophene rings is 1. The van der Waals surface area contributed by atoms with E-state index in [0.29, 0.717) is 11.1 Å². The number of benzene rings is 1. The first kappa shape index (κ1) is 17.9. The molecule has 2 rings (SSSR count). The molecule has 0 bridgehead atoms. The molecule has 0 aliphatic carbocycles. The van der Waals surface area contributed by atoms with Crippen LogP contribution in [0.25, 0.3) is 0 Å². The Morgan fingerprint density at radius 2 is 2.00 bits per heavy atom. The number of anilines is 1. The summed E-state index contributed by atoms with van der Waals surface area (Å²) in [5, 5.41) is 12.5. The lowest BCUT2D eigenvalue weighted by Crippen LogP contribution is -2.16. The summed E-state index contributed by atoms with van der Waals surface area (Å²) < 4.78 is 32.1. The number of nitro groups is 1. The first-order valence-electron chi connectivity index (χ1n) is 6.61. The van der Waals surface area contributed by atoms with Crippen molar-refractivity contribution < 1.29 is 22.9 Å². The topological polar surface area (TPSA) is 116 Å². The van der Waals surface area contributed by atoms with E-state index < -0.39 is 20.9 Å². The molecular formula is C14H14N2O6S2. The van der Waals surface area contributed by atoms with Gasteiger partial charge in [0.15, 0.2) is 0 Å². The van der Waals surface area contributed by atoms with E-state index in [9.17, 15) is 23.3 Å². The van der Waals surface area contributed by atoms with Gasteiger partial charge >= 0.3 is 5.97 Å². The lowest BCUT2D eigenvalue weighted by atomic mass is 10.1. The van der Waals surface area contributed by atoms with E-state index in [4.69, 9.17) is 0 Å². The van der Waals surface area contributed by atoms with E-state index in [1.807, 2.05) is 0 Å². The smallest absolute Gasteiger partial charge is 0.350 e. The van der Waals surface area contributed by atoms with Crippen molar-refractivity contribution >= 4 is 38.7 Å². The third-order valence-corrected chi connectivity index (χ3v) is 5.77. The van der Waals surface area contributed by atoms with Crippen LogP contribution in [0.5, 0.6) is 0 Å². The van der Waals surface area contributed by atoms with E-state index in [-0.39, 0.29) is 21.1 Å². The molecule has 10 heteroatoms. The molecule has 1 aromatic heterocycles. The van der Waals surface area contributed by atoms with Gasteiger partial charge in [0.2, 0.25) is 0 Å². The van der Waals surface area contributed by atoms with Crippen LogP contribution in [-0.4, -0.2) is 26.4 Å². The summed E-state index contributed by atoms with van der Waals surface area (Å²) in [5.41, 5.74) is 0.610. The Morgan fingerprint density at radius 3 is 2.58 bits per heavy atom. The highest BCUT2D eigenvalue weighted by Crippen LogP contribution is 2.29. The minimum Gasteiger partial charge on any atom is -0.465 e. The highest BCUT2D eigenvalue weighted by atomic mass is 32.2. The Labute approximate surface area is 142 Å². The Bertz CT molecular complexity index is 917. The third-order valence-electron chi connectivity index (χ3n) is 3.39. The molecule has 0 fully saturated rings. The Balaban J connectivity index is 2.51. The average molecular weight is 370 g/mol. The number of esters is 1. The Morgan fingerprint density at radius 1 is 1.33 bits per heavy atom. The second-order valence-electron chi connectivity index (χ2n) is 4.90. The second kappa shape index (κ2) is 6.57. The molecule has 0 amide bonds. The second-order valence-corrected chi connectivity index (χ2v) is 7.47. The number of hydrogen-bond donors (Lipinski definition) is 1. The fourth-order valence-electron chi connectivity index (χ4n) is 2.03. The van der Waals surface area contributed by atoms with Crippen LogP contribution in [0.3, 0.4) is 0 Å². The Hall–Kier alpha value is -2.46. The number of hydrogen-bond acceptors (Lipinski definition) is 7. The van der Waals surface area contributed by atoms with Crippen molar-refractivity contribution in [3.8, 4) is 0 Å². The molecular weight excluding hydrogens is 356 g/mol. The molecule has 0 aliphatic heterocycles. The molecule has 0 saturated carbocycles. The summed E-state index contributed by atoms with van der Waals surface area (Å²) in [5.74, 6) is -0.672. The predicted octanol–water partition coefficient (Wildman–Crippen LogP) is 2.86. The number of methoxy groups -OCH3 is 1. The zero-order chi connectivity index (χ0) is 18.1. The van der Waals surface area contributed by atoms with Crippen LogP contribution < -0.4 is 4.72 Å². The summed E-state index contributed by atoms with van der Waals surface area (Å²) in [6.45, 7) is 3.15. The molecule has 0 radical (unpaired) electrons. The normalized spacial score (nSPS) is 11.1. The zero-order valence-corrected chi connectivity index (χ0v) is 14.7. The molecule has 8 nitrogen and oxygen atoms in total. The van der Waals surface area contributed by atoms with Gasteiger partial charge in [0.05, 0.1) is 22.6 Å². The molecule has 0 spiro atoms. The van der Waals surface area contributed by atoms with Gasteiger partial charge in [0.25, 0.3) is 15.7 Å². The molecule has 1 heterocycles. The number of nitrogens with zero attached hydrogens (tertiary/aromatic N) is 1. The van der Waals surface area contributed by atoms with Crippen molar-refractivity contribution in [2.45, 2.75) is 18.7 Å². The fraction of sp³-hybridized carbons (Fsp3) is 0.214. The number of nitrogens with one attached hydrogen (secondary N) is 1. The highest BCUT2D eigenvalue weighted by Gasteiger charge is 2.25. The molecule has 0 saturated heterocycles. The van der Waals surface area contributed by atoms with Gasteiger partial charge in [-0.1, -0.05) is 0 Å². The monoisotopic (exact) mass is 370 g/mol. The molecule has 0 aliphatic rings. The first-order valence-corrected chi connectivity index (χ1v) is 8.98. The summed E-state index contributed by atoms with van der Waals surface area (Å²) in [7, 11) is -2.92. The maximum absolute atomic E-state index is 12.6. The Kier molecular flexibility index (Phi) is 4.90. The van der Waals surface area contributed by atoms with Crippen molar-refractivity contribution in [2.24, 2.45) is 0 Å². The van der Waals surface area contributed by atoms with Crippen LogP contribution >= 0.6 is 11.3 Å². The van der Waals surface area contributed by atoms with Crippen molar-refractivity contribution in [2.75, 3.05) is 11.8 Å². The van der Waals surface area contributed by atoms with Crippen molar-refractivity contribution in [3.63, 3.8) is 0 Å². The number of ether oxygens (including phenoxy) is 1. The number of sulfonamides is 1. The molecule has 1 N–H and O–H groups in total. The van der Waals surface area contributed by atoms with E-state index in [1.165, 1.54) is 24.6 Å². The molecule has 0 atom stereocenters. The largest absolute Gasteiger partial charge is 0.465 e. The maximum atomic E-state index is 12.6. The van der Waals surface area contributed by atoms with Gasteiger partial charge in [-0.15, -0.1) is 11.3 Å². The van der Waals surface area contributed by atoms with Crippen LogP contribution in [0.15, 0.2) is 28.5 Å². The van der Waals surface area contributed by atoms with E-state index in [1.54, 1.807) is 13.8 Å². The lowest BCUT2D eigenvalue weighted by Gasteiger charge is -2.12. The number of non-ortho nitro benzene ring substituents is 1. The lowest BCUT2D eigenvalue weighted by molar-refractivity contribution is -0.385. The van der Waals surface area contributed by atoms with Gasteiger partial charge in [-0.05, 0) is 36.4 Å². The predicted molar refractivity (Wildman–Crippen MR) is 89.0 cm³/mol. The van der Waals surface area contributed by atoms with Crippen LogP contribution in [0.1, 0.15) is 20.8 Å². The standard InChI is InChI=1S/C14H14N2O6S2/c1-8-6-10(16(18)19)7-12(9(8)2)24(20,21)15-11-4-5-23-13(11)14(17)22-3/h4-7,15H,1-3H3. The summed E-state index contributed by atoms with van der Waals surface area (Å²) in [6, 6.07) is 3.72. The summed E-state index contributed by atoms with van der Waals surface area (Å²) in [6.07, 6.45) is 0. The molecule has 0 unspecified atom stereocenters. The fourth-order valence-corrected chi connectivity index (χ4v) is 4.27. The number of nitro benzene ring substituents is 1. The maximum Gasteiger partial charge on any atom is 0.350 e. The van der Waals surface area contributed by atoms with Gasteiger partial charge in [0, 0.05) is 12.1 Å². The molecule has 24 heavy (non-hydrogen) atoms. The minimum absolute atomic E-state index is 0.0652. The van der Waals surface area contributed by atoms with Gasteiger partial charge in [-0.3, -0.25) is 14.8 Å². The quantitative estimate of drug-likeness (QED) is 0.491. The molecule has 2 aromatic rings. The van der Waals surface area contributed by atoms with Crippen LogP contribution in [0, 0.1) is 24.0 Å². The van der Waals surface area contributed by atoms with Gasteiger partial charge < -0.3 is 4.74 Å². The van der Waals surface area contributed by atoms with Gasteiger partial charge in [-0.2, -0.15) is 0 Å². The average Bonchev–Trinajstić information content (AvgIpc) is 2.95. The van der Waals surface area contributed by atoms with Crippen molar-refractivity contribution in [1.29, 1.82) is 0 Å². The van der Waals surface area contributed by atoms with Crippen LogP contribution in [0.4, 0.5) is 11.4 Å². The molecule has 1 aromatic carbocycles. The van der Waals surface area contributed by atoms with E-state index in [0.717, 1.165) is 17.4 Å². The SMILES string of the molecule is COC(=O)c1sccc1NS(=O)(=O)c1cc([N+](=O)[O-])cc(C)c1C. The first-order chi connectivity index (χ1) is 11.2. The van der Waals surface area contributed by atoms with Crippen molar-refractivity contribution in [3.05, 3.63) is 49.7 Å². The van der Waals surface area contributed by atoms with Gasteiger partial charge in [-0.25, -0.2) is 13.2 Å². The van der Waals surface area contributed by atoms with E-state index in [2.05, 4.69) is 9.46 Å². The number of aryl methyl sites for hydroxylation is 1. The molecule has 128 valence electrons. The summed E-state index contributed by atoms with van der Waals surface area (Å²) >= 11 is 1.02. The zero-order valence-electron chi connectivity index (χ0n) is 13.0.